The Kier molecular flexibility index (Phi) is 4.25. The minimum absolute atomic E-state index is 0.585. The number of nitrogens with one attached hydrogen (secondary N) is 1. The Balaban J connectivity index is 1.66. The van der Waals surface area contributed by atoms with Crippen molar-refractivity contribution in [3.05, 3.63) is 0 Å². The van der Waals surface area contributed by atoms with E-state index in [0.29, 0.717) is 12.2 Å². The van der Waals surface area contributed by atoms with Crippen LogP contribution in [0.2, 0.25) is 0 Å². The van der Waals surface area contributed by atoms with Crippen LogP contribution in [-0.2, 0) is 4.74 Å². The zero-order valence-corrected chi connectivity index (χ0v) is 11.9. The minimum atomic E-state index is 0.585. The van der Waals surface area contributed by atoms with Gasteiger partial charge in [0.15, 0.2) is 0 Å². The van der Waals surface area contributed by atoms with Crippen LogP contribution in [-0.4, -0.2) is 24.8 Å². The molecule has 0 aromatic carbocycles. The van der Waals surface area contributed by atoms with E-state index in [1.807, 2.05) is 0 Å². The first kappa shape index (κ1) is 12.9. The van der Waals surface area contributed by atoms with E-state index in [2.05, 4.69) is 12.2 Å². The SMILES string of the molecule is CCNC(C1CCCCCC1)C1CC2CCC1O2. The highest BCUT2D eigenvalue weighted by Crippen LogP contribution is 2.43. The second-order valence-electron chi connectivity index (χ2n) is 6.61. The molecule has 4 unspecified atom stereocenters. The Bertz CT molecular complexity index is 260. The number of fused-ring (bicyclic) bond motifs is 2. The van der Waals surface area contributed by atoms with Crippen molar-refractivity contribution < 1.29 is 4.74 Å². The fraction of sp³-hybridized carbons (Fsp3) is 1.00. The second kappa shape index (κ2) is 5.92. The van der Waals surface area contributed by atoms with Gasteiger partial charge in [-0.15, -0.1) is 0 Å². The van der Waals surface area contributed by atoms with Gasteiger partial charge in [-0.05, 0) is 44.6 Å². The molecule has 0 amide bonds. The van der Waals surface area contributed by atoms with E-state index in [1.54, 1.807) is 0 Å². The van der Waals surface area contributed by atoms with Crippen molar-refractivity contribution in [2.45, 2.75) is 83.0 Å². The lowest BCUT2D eigenvalue weighted by Crippen LogP contribution is -2.45. The summed E-state index contributed by atoms with van der Waals surface area (Å²) < 4.78 is 6.09. The molecule has 3 aliphatic rings. The van der Waals surface area contributed by atoms with Crippen LogP contribution in [0.5, 0.6) is 0 Å². The Morgan fingerprint density at radius 1 is 1.06 bits per heavy atom. The average molecular weight is 251 g/mol. The van der Waals surface area contributed by atoms with Gasteiger partial charge < -0.3 is 10.1 Å². The Morgan fingerprint density at radius 3 is 2.39 bits per heavy atom. The molecular formula is C16H29NO. The van der Waals surface area contributed by atoms with E-state index in [9.17, 15) is 0 Å². The lowest BCUT2D eigenvalue weighted by Gasteiger charge is -2.35. The van der Waals surface area contributed by atoms with Crippen LogP contribution >= 0.6 is 0 Å². The maximum absolute atomic E-state index is 6.09. The summed E-state index contributed by atoms with van der Waals surface area (Å²) in [7, 11) is 0. The summed E-state index contributed by atoms with van der Waals surface area (Å²) in [5.41, 5.74) is 0. The summed E-state index contributed by atoms with van der Waals surface area (Å²) in [5, 5.41) is 3.83. The molecule has 104 valence electrons. The number of rotatable bonds is 4. The molecule has 2 heterocycles. The van der Waals surface area contributed by atoms with Crippen molar-refractivity contribution >= 4 is 0 Å². The van der Waals surface area contributed by atoms with Gasteiger partial charge in [0.2, 0.25) is 0 Å². The number of hydrogen-bond donors (Lipinski definition) is 1. The normalized spacial score (nSPS) is 38.8. The first-order valence-electron chi connectivity index (χ1n) is 8.27. The fourth-order valence-electron chi connectivity index (χ4n) is 4.63. The first-order valence-corrected chi connectivity index (χ1v) is 8.27. The van der Waals surface area contributed by atoms with Gasteiger partial charge in [0, 0.05) is 12.0 Å². The molecule has 1 saturated carbocycles. The number of ether oxygens (including phenoxy) is 1. The van der Waals surface area contributed by atoms with Gasteiger partial charge in [0.25, 0.3) is 0 Å². The van der Waals surface area contributed by atoms with Crippen molar-refractivity contribution in [3.8, 4) is 0 Å². The lowest BCUT2D eigenvalue weighted by atomic mass is 9.76. The average Bonchev–Trinajstić information content (AvgIpc) is 2.91. The summed E-state index contributed by atoms with van der Waals surface area (Å²) in [6.07, 6.45) is 13.9. The number of hydrogen-bond acceptors (Lipinski definition) is 2. The van der Waals surface area contributed by atoms with E-state index in [-0.39, 0.29) is 0 Å². The molecule has 2 aliphatic heterocycles. The van der Waals surface area contributed by atoms with Crippen LogP contribution in [0.4, 0.5) is 0 Å². The van der Waals surface area contributed by atoms with Crippen molar-refractivity contribution in [1.82, 2.24) is 5.32 Å². The highest BCUT2D eigenvalue weighted by molar-refractivity contribution is 4.97. The zero-order chi connectivity index (χ0) is 12.4. The molecule has 1 aliphatic carbocycles. The van der Waals surface area contributed by atoms with E-state index in [0.717, 1.165) is 24.4 Å². The Hall–Kier alpha value is -0.0800. The van der Waals surface area contributed by atoms with Crippen molar-refractivity contribution in [3.63, 3.8) is 0 Å². The van der Waals surface area contributed by atoms with Gasteiger partial charge in [-0.3, -0.25) is 0 Å². The van der Waals surface area contributed by atoms with Crippen molar-refractivity contribution in [1.29, 1.82) is 0 Å². The molecule has 18 heavy (non-hydrogen) atoms. The van der Waals surface area contributed by atoms with Crippen molar-refractivity contribution in [2.24, 2.45) is 11.8 Å². The van der Waals surface area contributed by atoms with E-state index in [1.165, 1.54) is 57.8 Å². The van der Waals surface area contributed by atoms with E-state index in [4.69, 9.17) is 4.74 Å². The molecule has 3 fully saturated rings. The maximum Gasteiger partial charge on any atom is 0.0623 e. The third-order valence-electron chi connectivity index (χ3n) is 5.46. The largest absolute Gasteiger partial charge is 0.375 e. The van der Waals surface area contributed by atoms with Crippen LogP contribution in [0.3, 0.4) is 0 Å². The smallest absolute Gasteiger partial charge is 0.0623 e. The molecule has 2 saturated heterocycles. The fourth-order valence-corrected chi connectivity index (χ4v) is 4.63. The van der Waals surface area contributed by atoms with Crippen LogP contribution in [0.15, 0.2) is 0 Å². The Morgan fingerprint density at radius 2 is 1.83 bits per heavy atom. The van der Waals surface area contributed by atoms with Gasteiger partial charge in [-0.1, -0.05) is 32.6 Å². The van der Waals surface area contributed by atoms with Crippen molar-refractivity contribution in [2.75, 3.05) is 6.54 Å². The summed E-state index contributed by atoms with van der Waals surface area (Å²) in [6.45, 7) is 3.38. The van der Waals surface area contributed by atoms with Gasteiger partial charge in [0.1, 0.15) is 0 Å². The third-order valence-corrected chi connectivity index (χ3v) is 5.46. The van der Waals surface area contributed by atoms with Crippen LogP contribution in [0, 0.1) is 11.8 Å². The molecule has 0 aromatic rings. The molecule has 0 aromatic heterocycles. The maximum atomic E-state index is 6.09. The molecule has 3 rings (SSSR count). The van der Waals surface area contributed by atoms with Gasteiger partial charge in [-0.25, -0.2) is 0 Å². The minimum Gasteiger partial charge on any atom is -0.375 e. The molecule has 2 bridgehead atoms. The summed E-state index contributed by atoms with van der Waals surface area (Å²) in [6, 6.07) is 0.739. The molecule has 2 nitrogen and oxygen atoms in total. The predicted molar refractivity (Wildman–Crippen MR) is 74.7 cm³/mol. The second-order valence-corrected chi connectivity index (χ2v) is 6.61. The highest BCUT2D eigenvalue weighted by Gasteiger charge is 2.45. The van der Waals surface area contributed by atoms with E-state index < -0.39 is 0 Å². The molecule has 4 atom stereocenters. The van der Waals surface area contributed by atoms with Gasteiger partial charge in [0.05, 0.1) is 12.2 Å². The van der Waals surface area contributed by atoms with Gasteiger partial charge in [-0.2, -0.15) is 0 Å². The lowest BCUT2D eigenvalue weighted by molar-refractivity contribution is 0.0781. The molecule has 0 spiro atoms. The van der Waals surface area contributed by atoms with Crippen LogP contribution in [0.25, 0.3) is 0 Å². The molecular weight excluding hydrogens is 222 g/mol. The highest BCUT2D eigenvalue weighted by atomic mass is 16.5. The monoisotopic (exact) mass is 251 g/mol. The molecule has 2 heteroatoms. The zero-order valence-electron chi connectivity index (χ0n) is 11.9. The van der Waals surface area contributed by atoms with Crippen LogP contribution < -0.4 is 5.32 Å². The van der Waals surface area contributed by atoms with Gasteiger partial charge >= 0.3 is 0 Å². The summed E-state index contributed by atoms with van der Waals surface area (Å²) in [5.74, 6) is 1.73. The predicted octanol–water partition coefficient (Wildman–Crippen LogP) is 3.50. The standard InChI is InChI=1S/C16H29NO/c1-2-17-16(12-7-5-3-4-6-8-12)14-11-13-9-10-15(14)18-13/h12-17H,2-11H2,1H3. The van der Waals surface area contributed by atoms with E-state index >= 15 is 0 Å². The summed E-state index contributed by atoms with van der Waals surface area (Å²) in [4.78, 5) is 0. The topological polar surface area (TPSA) is 21.3 Å². The summed E-state index contributed by atoms with van der Waals surface area (Å²) >= 11 is 0. The third kappa shape index (κ3) is 2.60. The quantitative estimate of drug-likeness (QED) is 0.772. The first-order chi connectivity index (χ1) is 8.88. The van der Waals surface area contributed by atoms with Crippen LogP contribution in [0.1, 0.15) is 64.7 Å². The molecule has 1 N–H and O–H groups in total. The Labute approximate surface area is 112 Å². The molecule has 0 radical (unpaired) electrons.